The Morgan fingerprint density at radius 3 is 2.72 bits per heavy atom. The van der Waals surface area contributed by atoms with Gasteiger partial charge in [-0.3, -0.25) is 9.78 Å². The van der Waals surface area contributed by atoms with Gasteiger partial charge >= 0.3 is 0 Å². The van der Waals surface area contributed by atoms with Gasteiger partial charge in [0.05, 0.1) is 19.4 Å². The lowest BCUT2D eigenvalue weighted by Crippen LogP contribution is -2.42. The second kappa shape index (κ2) is 8.10. The van der Waals surface area contributed by atoms with E-state index in [0.29, 0.717) is 25.7 Å². The molecule has 0 aromatic carbocycles. The minimum Gasteiger partial charge on any atom is -0.356 e. The molecule has 3 rings (SSSR count). The summed E-state index contributed by atoms with van der Waals surface area (Å²) in [6.07, 6.45) is 7.64. The van der Waals surface area contributed by atoms with Crippen molar-refractivity contribution >= 4 is 11.7 Å². The predicted molar refractivity (Wildman–Crippen MR) is 94.1 cm³/mol. The monoisotopic (exact) mass is 348 g/mol. The second-order valence-electron chi connectivity index (χ2n) is 7.21. The van der Waals surface area contributed by atoms with Gasteiger partial charge in [0.1, 0.15) is 5.82 Å². The molecular formula is C18H28N4O3. The molecule has 0 bridgehead atoms. The number of ether oxygens (including phenoxy) is 2. The summed E-state index contributed by atoms with van der Waals surface area (Å²) in [5.41, 5.74) is 0. The Morgan fingerprint density at radius 1 is 1.36 bits per heavy atom. The number of anilines is 1. The molecule has 1 N–H and O–H groups in total. The molecule has 2 fully saturated rings. The minimum atomic E-state index is -0.494. The summed E-state index contributed by atoms with van der Waals surface area (Å²) >= 11 is 0. The highest BCUT2D eigenvalue weighted by molar-refractivity contribution is 5.78. The third-order valence-corrected chi connectivity index (χ3v) is 4.98. The van der Waals surface area contributed by atoms with E-state index in [9.17, 15) is 4.79 Å². The van der Waals surface area contributed by atoms with E-state index >= 15 is 0 Å². The van der Waals surface area contributed by atoms with Crippen LogP contribution < -0.4 is 10.2 Å². The van der Waals surface area contributed by atoms with E-state index in [-0.39, 0.29) is 11.8 Å². The zero-order valence-corrected chi connectivity index (χ0v) is 15.1. The van der Waals surface area contributed by atoms with Crippen LogP contribution in [0.3, 0.4) is 0 Å². The van der Waals surface area contributed by atoms with Crippen molar-refractivity contribution in [2.75, 3.05) is 37.7 Å². The Balaban J connectivity index is 1.39. The predicted octanol–water partition coefficient (Wildman–Crippen LogP) is 1.60. The fourth-order valence-corrected chi connectivity index (χ4v) is 3.62. The van der Waals surface area contributed by atoms with Crippen LogP contribution in [-0.2, 0) is 14.3 Å². The number of piperidine rings is 1. The molecule has 25 heavy (non-hydrogen) atoms. The van der Waals surface area contributed by atoms with Gasteiger partial charge in [0, 0.05) is 44.4 Å². The molecule has 1 aromatic rings. The van der Waals surface area contributed by atoms with Crippen molar-refractivity contribution in [3.8, 4) is 0 Å². The Bertz CT molecular complexity index is 555. The maximum Gasteiger partial charge on any atom is 0.223 e. The van der Waals surface area contributed by atoms with Crippen LogP contribution in [0.15, 0.2) is 18.6 Å². The van der Waals surface area contributed by atoms with E-state index in [4.69, 9.17) is 9.47 Å². The number of rotatable bonds is 6. The molecule has 3 heterocycles. The number of amides is 1. The van der Waals surface area contributed by atoms with E-state index in [1.54, 1.807) is 18.6 Å². The Morgan fingerprint density at radius 2 is 2.08 bits per heavy atom. The van der Waals surface area contributed by atoms with Gasteiger partial charge in [0.15, 0.2) is 5.79 Å². The molecule has 7 nitrogen and oxygen atoms in total. The molecule has 7 heteroatoms. The van der Waals surface area contributed by atoms with Crippen molar-refractivity contribution in [3.05, 3.63) is 18.6 Å². The maximum absolute atomic E-state index is 12.4. The summed E-state index contributed by atoms with van der Waals surface area (Å²) in [5, 5.41) is 3.10. The quantitative estimate of drug-likeness (QED) is 0.841. The highest BCUT2D eigenvalue weighted by atomic mass is 16.7. The molecule has 1 unspecified atom stereocenters. The largest absolute Gasteiger partial charge is 0.356 e. The number of hydrogen-bond acceptors (Lipinski definition) is 6. The van der Waals surface area contributed by atoms with E-state index in [1.165, 1.54) is 0 Å². The van der Waals surface area contributed by atoms with Gasteiger partial charge < -0.3 is 19.7 Å². The molecule has 1 atom stereocenters. The lowest BCUT2D eigenvalue weighted by atomic mass is 9.95. The normalized spacial score (nSPS) is 21.9. The first kappa shape index (κ1) is 18.1. The van der Waals surface area contributed by atoms with Crippen molar-refractivity contribution in [1.29, 1.82) is 0 Å². The van der Waals surface area contributed by atoms with Crippen LogP contribution in [0.25, 0.3) is 0 Å². The Labute approximate surface area is 149 Å². The molecule has 0 saturated carbocycles. The molecule has 0 spiro atoms. The van der Waals surface area contributed by atoms with Gasteiger partial charge in [0.25, 0.3) is 0 Å². The van der Waals surface area contributed by atoms with Gasteiger partial charge in [-0.1, -0.05) is 6.92 Å². The first-order valence-corrected chi connectivity index (χ1v) is 9.12. The average Bonchev–Trinajstić information content (AvgIpc) is 3.06. The molecule has 0 aliphatic carbocycles. The summed E-state index contributed by atoms with van der Waals surface area (Å²) in [6, 6.07) is 0. The second-order valence-corrected chi connectivity index (χ2v) is 7.21. The SMILES string of the molecule is CC(CNC(=O)C1CCN(c2cnccn2)CC1)CC1(C)OCCO1. The molecular weight excluding hydrogens is 320 g/mol. The summed E-state index contributed by atoms with van der Waals surface area (Å²) in [7, 11) is 0. The van der Waals surface area contributed by atoms with E-state index in [0.717, 1.165) is 38.2 Å². The van der Waals surface area contributed by atoms with Crippen LogP contribution in [0.5, 0.6) is 0 Å². The maximum atomic E-state index is 12.4. The number of nitrogens with zero attached hydrogens (tertiary/aromatic N) is 3. The topological polar surface area (TPSA) is 76.6 Å². The number of carbonyl (C=O) groups excluding carboxylic acids is 1. The fourth-order valence-electron chi connectivity index (χ4n) is 3.62. The van der Waals surface area contributed by atoms with Crippen LogP contribution in [0.4, 0.5) is 5.82 Å². The molecule has 2 saturated heterocycles. The number of aromatic nitrogens is 2. The molecule has 138 valence electrons. The number of hydrogen-bond donors (Lipinski definition) is 1. The highest BCUT2D eigenvalue weighted by Gasteiger charge is 2.33. The van der Waals surface area contributed by atoms with Crippen LogP contribution in [-0.4, -0.2) is 54.5 Å². The first-order chi connectivity index (χ1) is 12.1. The van der Waals surface area contributed by atoms with E-state index < -0.39 is 5.79 Å². The summed E-state index contributed by atoms with van der Waals surface area (Å²) in [5.74, 6) is 0.942. The standard InChI is InChI=1S/C18H28N4O3/c1-14(11-18(2)24-9-10-25-18)12-21-17(23)15-3-7-22(8-4-15)16-13-19-5-6-20-16/h5-6,13-15H,3-4,7-12H2,1-2H3,(H,21,23). The first-order valence-electron chi connectivity index (χ1n) is 9.12. The third kappa shape index (κ3) is 4.89. The molecule has 1 amide bonds. The zero-order chi connectivity index (χ0) is 17.7. The van der Waals surface area contributed by atoms with Crippen molar-refractivity contribution in [3.63, 3.8) is 0 Å². The lowest BCUT2D eigenvalue weighted by molar-refractivity contribution is -0.154. The van der Waals surface area contributed by atoms with Crippen molar-refractivity contribution < 1.29 is 14.3 Å². The van der Waals surface area contributed by atoms with Crippen LogP contribution >= 0.6 is 0 Å². The third-order valence-electron chi connectivity index (χ3n) is 4.98. The van der Waals surface area contributed by atoms with Crippen molar-refractivity contribution in [2.45, 2.75) is 38.9 Å². The summed E-state index contributed by atoms with van der Waals surface area (Å²) in [4.78, 5) is 23.1. The van der Waals surface area contributed by atoms with E-state index in [1.807, 2.05) is 6.92 Å². The zero-order valence-electron chi connectivity index (χ0n) is 15.1. The van der Waals surface area contributed by atoms with Gasteiger partial charge in [-0.05, 0) is 25.7 Å². The van der Waals surface area contributed by atoms with Gasteiger partial charge in [-0.15, -0.1) is 0 Å². The Hall–Kier alpha value is -1.73. The Kier molecular flexibility index (Phi) is 5.86. The fraction of sp³-hybridized carbons (Fsp3) is 0.722. The van der Waals surface area contributed by atoms with E-state index in [2.05, 4.69) is 27.1 Å². The molecule has 1 aromatic heterocycles. The average molecular weight is 348 g/mol. The number of carbonyl (C=O) groups is 1. The molecule has 2 aliphatic heterocycles. The van der Waals surface area contributed by atoms with Gasteiger partial charge in [-0.25, -0.2) is 4.98 Å². The summed E-state index contributed by atoms with van der Waals surface area (Å²) < 4.78 is 11.3. The van der Waals surface area contributed by atoms with Gasteiger partial charge in [-0.2, -0.15) is 0 Å². The van der Waals surface area contributed by atoms with Crippen molar-refractivity contribution in [1.82, 2.24) is 15.3 Å². The lowest BCUT2D eigenvalue weighted by Gasteiger charge is -2.32. The smallest absolute Gasteiger partial charge is 0.223 e. The highest BCUT2D eigenvalue weighted by Crippen LogP contribution is 2.26. The summed E-state index contributed by atoms with van der Waals surface area (Å²) in [6.45, 7) is 7.73. The molecule has 0 radical (unpaired) electrons. The van der Waals surface area contributed by atoms with Crippen LogP contribution in [0.2, 0.25) is 0 Å². The van der Waals surface area contributed by atoms with Crippen LogP contribution in [0.1, 0.15) is 33.1 Å². The van der Waals surface area contributed by atoms with Crippen LogP contribution in [0, 0.1) is 11.8 Å². The minimum absolute atomic E-state index is 0.0784. The number of nitrogens with one attached hydrogen (secondary N) is 1. The molecule has 2 aliphatic rings. The van der Waals surface area contributed by atoms with Crippen molar-refractivity contribution in [2.24, 2.45) is 11.8 Å². The van der Waals surface area contributed by atoms with Gasteiger partial charge in [0.2, 0.25) is 5.91 Å².